The van der Waals surface area contributed by atoms with Crippen molar-refractivity contribution in [1.82, 2.24) is 15.5 Å². The number of thiophene rings is 1. The van der Waals surface area contributed by atoms with Gasteiger partial charge in [-0.25, -0.2) is 0 Å². The summed E-state index contributed by atoms with van der Waals surface area (Å²) < 4.78 is 5.17. The molecular formula is C19H35IN4OS. The fraction of sp³-hybridized carbons (Fsp3) is 0.737. The van der Waals surface area contributed by atoms with E-state index < -0.39 is 0 Å². The van der Waals surface area contributed by atoms with E-state index in [0.717, 1.165) is 51.7 Å². The number of hydrogen-bond donors (Lipinski definition) is 2. The number of guanidine groups is 1. The monoisotopic (exact) mass is 494 g/mol. The van der Waals surface area contributed by atoms with Crippen molar-refractivity contribution in [2.75, 3.05) is 46.4 Å². The van der Waals surface area contributed by atoms with Crippen molar-refractivity contribution in [2.45, 2.75) is 39.2 Å². The molecule has 7 heteroatoms. The second-order valence-corrected chi connectivity index (χ2v) is 7.89. The van der Waals surface area contributed by atoms with Crippen molar-refractivity contribution >= 4 is 41.3 Å². The molecule has 1 unspecified atom stereocenters. The summed E-state index contributed by atoms with van der Waals surface area (Å²) in [6.45, 7) is 10.3. The van der Waals surface area contributed by atoms with Crippen molar-refractivity contribution in [2.24, 2.45) is 10.9 Å². The lowest BCUT2D eigenvalue weighted by Gasteiger charge is -2.32. The van der Waals surface area contributed by atoms with E-state index >= 15 is 0 Å². The van der Waals surface area contributed by atoms with E-state index in [4.69, 9.17) is 9.73 Å². The Balaban J connectivity index is 0.00000338. The molecule has 0 saturated carbocycles. The summed E-state index contributed by atoms with van der Waals surface area (Å²) in [7, 11) is 1.77. The molecule has 2 heterocycles. The zero-order chi connectivity index (χ0) is 17.9. The van der Waals surface area contributed by atoms with E-state index in [1.807, 2.05) is 11.3 Å². The smallest absolute Gasteiger partial charge is 0.191 e. The molecule has 1 atom stereocenters. The topological polar surface area (TPSA) is 48.9 Å². The Morgan fingerprint density at radius 1 is 1.42 bits per heavy atom. The SMILES string of the molecule is CCNC(=NCC(C)Cc1cccs1)NC1CCN(CCOC)CC1.I. The minimum atomic E-state index is 0. The van der Waals surface area contributed by atoms with E-state index in [1.54, 1.807) is 7.11 Å². The molecule has 2 N–H and O–H groups in total. The van der Waals surface area contributed by atoms with Gasteiger partial charge in [0.15, 0.2) is 5.96 Å². The zero-order valence-electron chi connectivity index (χ0n) is 16.4. The van der Waals surface area contributed by atoms with Crippen molar-refractivity contribution in [1.29, 1.82) is 0 Å². The Bertz CT molecular complexity index is 490. The highest BCUT2D eigenvalue weighted by Gasteiger charge is 2.19. The van der Waals surface area contributed by atoms with Gasteiger partial charge in [-0.05, 0) is 43.6 Å². The predicted octanol–water partition coefficient (Wildman–Crippen LogP) is 3.21. The molecule has 0 bridgehead atoms. The van der Waals surface area contributed by atoms with Crippen LogP contribution in [0.3, 0.4) is 0 Å². The van der Waals surface area contributed by atoms with Crippen LogP contribution >= 0.6 is 35.3 Å². The molecule has 1 aromatic heterocycles. The number of rotatable bonds is 9. The Morgan fingerprint density at radius 3 is 2.81 bits per heavy atom. The van der Waals surface area contributed by atoms with E-state index in [1.165, 1.54) is 17.7 Å². The minimum absolute atomic E-state index is 0. The summed E-state index contributed by atoms with van der Waals surface area (Å²) in [5.74, 6) is 1.53. The number of aliphatic imine (C=N–C) groups is 1. The van der Waals surface area contributed by atoms with Crippen molar-refractivity contribution in [3.05, 3.63) is 22.4 Å². The lowest BCUT2D eigenvalue weighted by Crippen LogP contribution is -2.49. The molecule has 5 nitrogen and oxygen atoms in total. The Hall–Kier alpha value is -0.380. The molecule has 0 radical (unpaired) electrons. The quantitative estimate of drug-likeness (QED) is 0.315. The summed E-state index contributed by atoms with van der Waals surface area (Å²) in [5.41, 5.74) is 0. The van der Waals surface area contributed by atoms with Gasteiger partial charge in [0, 0.05) is 50.8 Å². The van der Waals surface area contributed by atoms with Crippen molar-refractivity contribution in [3.8, 4) is 0 Å². The highest BCUT2D eigenvalue weighted by Crippen LogP contribution is 2.14. The Morgan fingerprint density at radius 2 is 2.19 bits per heavy atom. The van der Waals surface area contributed by atoms with Crippen LogP contribution in [0, 0.1) is 5.92 Å². The number of hydrogen-bond acceptors (Lipinski definition) is 4. The van der Waals surface area contributed by atoms with Gasteiger partial charge in [-0.2, -0.15) is 0 Å². The Kier molecular flexibility index (Phi) is 12.5. The molecule has 0 aliphatic carbocycles. The van der Waals surface area contributed by atoms with E-state index in [9.17, 15) is 0 Å². The first-order chi connectivity index (χ1) is 12.2. The van der Waals surface area contributed by atoms with Gasteiger partial charge in [-0.1, -0.05) is 13.0 Å². The molecule has 0 spiro atoms. The van der Waals surface area contributed by atoms with Crippen molar-refractivity contribution < 1.29 is 4.74 Å². The number of ether oxygens (including phenoxy) is 1. The van der Waals surface area contributed by atoms with Gasteiger partial charge in [-0.15, -0.1) is 35.3 Å². The first-order valence-electron chi connectivity index (χ1n) is 9.49. The van der Waals surface area contributed by atoms with Crippen LogP contribution in [0.1, 0.15) is 31.6 Å². The average molecular weight is 494 g/mol. The van der Waals surface area contributed by atoms with Crippen LogP contribution in [0.25, 0.3) is 0 Å². The van der Waals surface area contributed by atoms with Gasteiger partial charge in [0.25, 0.3) is 0 Å². The highest BCUT2D eigenvalue weighted by atomic mass is 127. The number of nitrogens with one attached hydrogen (secondary N) is 2. The van der Waals surface area contributed by atoms with Crippen LogP contribution in [-0.4, -0.2) is 63.3 Å². The zero-order valence-corrected chi connectivity index (χ0v) is 19.5. The second kappa shape index (κ2) is 13.7. The number of halogens is 1. The third kappa shape index (κ3) is 9.01. The second-order valence-electron chi connectivity index (χ2n) is 6.86. The van der Waals surface area contributed by atoms with E-state index in [-0.39, 0.29) is 24.0 Å². The summed E-state index contributed by atoms with van der Waals surface area (Å²) in [5, 5.41) is 9.18. The summed E-state index contributed by atoms with van der Waals surface area (Å²) in [4.78, 5) is 8.75. The molecule has 26 heavy (non-hydrogen) atoms. The average Bonchev–Trinajstić information content (AvgIpc) is 3.12. The van der Waals surface area contributed by atoms with Crippen LogP contribution in [0.4, 0.5) is 0 Å². The molecule has 1 aliphatic heterocycles. The predicted molar refractivity (Wildman–Crippen MR) is 123 cm³/mol. The lowest BCUT2D eigenvalue weighted by atomic mass is 10.1. The highest BCUT2D eigenvalue weighted by molar-refractivity contribution is 14.0. The van der Waals surface area contributed by atoms with Crippen LogP contribution < -0.4 is 10.6 Å². The van der Waals surface area contributed by atoms with E-state index in [2.05, 4.69) is 46.9 Å². The third-order valence-corrected chi connectivity index (χ3v) is 5.47. The van der Waals surface area contributed by atoms with Crippen molar-refractivity contribution in [3.63, 3.8) is 0 Å². The first kappa shape index (κ1) is 23.7. The molecule has 1 aromatic rings. The third-order valence-electron chi connectivity index (χ3n) is 4.58. The minimum Gasteiger partial charge on any atom is -0.383 e. The van der Waals surface area contributed by atoms with Gasteiger partial charge < -0.3 is 20.3 Å². The van der Waals surface area contributed by atoms with Gasteiger partial charge in [0.05, 0.1) is 6.61 Å². The normalized spacial score (nSPS) is 17.6. The van der Waals surface area contributed by atoms with Gasteiger partial charge in [0.1, 0.15) is 0 Å². The fourth-order valence-electron chi connectivity index (χ4n) is 3.12. The maximum absolute atomic E-state index is 5.17. The molecule has 150 valence electrons. The number of methoxy groups -OCH3 is 1. The Labute approximate surface area is 180 Å². The largest absolute Gasteiger partial charge is 0.383 e. The molecule has 2 rings (SSSR count). The maximum atomic E-state index is 5.17. The number of nitrogens with zero attached hydrogens (tertiary/aromatic N) is 2. The molecular weight excluding hydrogens is 459 g/mol. The summed E-state index contributed by atoms with van der Waals surface area (Å²) >= 11 is 1.84. The number of piperidine rings is 1. The van der Waals surface area contributed by atoms with Gasteiger partial charge in [0.2, 0.25) is 0 Å². The van der Waals surface area contributed by atoms with Gasteiger partial charge >= 0.3 is 0 Å². The molecule has 0 aromatic carbocycles. The van der Waals surface area contributed by atoms with Crippen LogP contribution in [0.15, 0.2) is 22.5 Å². The molecule has 1 aliphatic rings. The summed E-state index contributed by atoms with van der Waals surface area (Å²) in [6.07, 6.45) is 3.44. The maximum Gasteiger partial charge on any atom is 0.191 e. The first-order valence-corrected chi connectivity index (χ1v) is 10.4. The molecule has 0 amide bonds. The fourth-order valence-corrected chi connectivity index (χ4v) is 3.99. The standard InChI is InChI=1S/C19H34N4OS.HI/c1-4-20-19(21-15-16(2)14-18-6-5-13-25-18)22-17-7-9-23(10-8-17)11-12-24-3;/h5-6,13,16-17H,4,7-12,14-15H2,1-3H3,(H2,20,21,22);1H. The van der Waals surface area contributed by atoms with Crippen LogP contribution in [0.2, 0.25) is 0 Å². The molecule has 1 fully saturated rings. The van der Waals surface area contributed by atoms with Crippen LogP contribution in [-0.2, 0) is 11.2 Å². The lowest BCUT2D eigenvalue weighted by molar-refractivity contribution is 0.128. The van der Waals surface area contributed by atoms with Crippen LogP contribution in [0.5, 0.6) is 0 Å². The van der Waals surface area contributed by atoms with Gasteiger partial charge in [-0.3, -0.25) is 4.99 Å². The number of likely N-dealkylation sites (tertiary alicyclic amines) is 1. The summed E-state index contributed by atoms with van der Waals surface area (Å²) in [6, 6.07) is 4.86. The van der Waals surface area contributed by atoms with E-state index in [0.29, 0.717) is 12.0 Å². The molecule has 1 saturated heterocycles.